The van der Waals surface area contributed by atoms with E-state index in [1.807, 2.05) is 30.3 Å². The molecule has 0 bridgehead atoms. The van der Waals surface area contributed by atoms with Gasteiger partial charge in [-0.1, -0.05) is 30.3 Å². The number of amides is 2. The normalized spacial score (nSPS) is 17.3. The lowest BCUT2D eigenvalue weighted by molar-refractivity contribution is -0.136. The molecule has 1 aliphatic rings. The third-order valence-electron chi connectivity index (χ3n) is 3.91. The highest BCUT2D eigenvalue weighted by molar-refractivity contribution is 5.96. The van der Waals surface area contributed by atoms with Crippen molar-refractivity contribution in [2.75, 3.05) is 11.9 Å². The summed E-state index contributed by atoms with van der Waals surface area (Å²) < 4.78 is 0. The van der Waals surface area contributed by atoms with Gasteiger partial charge >= 0.3 is 0 Å². The van der Waals surface area contributed by atoms with Crippen LogP contribution >= 0.6 is 0 Å². The molecule has 7 heteroatoms. The van der Waals surface area contributed by atoms with Gasteiger partial charge in [0.05, 0.1) is 6.42 Å². The van der Waals surface area contributed by atoms with Crippen LogP contribution in [0, 0.1) is 6.92 Å². The Balaban J connectivity index is 1.64. The van der Waals surface area contributed by atoms with Gasteiger partial charge in [0.15, 0.2) is 0 Å². The molecule has 0 aliphatic carbocycles. The lowest BCUT2D eigenvalue weighted by atomic mass is 10.1. The summed E-state index contributed by atoms with van der Waals surface area (Å²) in [6, 6.07) is 9.10. The van der Waals surface area contributed by atoms with Crippen molar-refractivity contribution in [2.45, 2.75) is 32.2 Å². The number of aryl methyl sites for hydroxylation is 1. The molecule has 1 fully saturated rings. The molecule has 0 spiro atoms. The molecule has 120 valence electrons. The van der Waals surface area contributed by atoms with Gasteiger partial charge < -0.3 is 4.90 Å². The van der Waals surface area contributed by atoms with Gasteiger partial charge in [-0.2, -0.15) is 4.98 Å². The van der Waals surface area contributed by atoms with Gasteiger partial charge in [-0.3, -0.25) is 20.0 Å². The maximum Gasteiger partial charge on any atom is 0.249 e. The molecular formula is C16H19N5O2. The highest BCUT2D eigenvalue weighted by Crippen LogP contribution is 2.20. The maximum atomic E-state index is 12.5. The molecule has 0 saturated carbocycles. The number of hydrogen-bond acceptors (Lipinski definition) is 4. The van der Waals surface area contributed by atoms with Crippen LogP contribution in [0.5, 0.6) is 0 Å². The van der Waals surface area contributed by atoms with Crippen LogP contribution in [0.25, 0.3) is 0 Å². The van der Waals surface area contributed by atoms with Crippen LogP contribution < -0.4 is 5.32 Å². The van der Waals surface area contributed by atoms with E-state index in [4.69, 9.17) is 0 Å². The molecule has 1 aliphatic heterocycles. The number of anilines is 1. The van der Waals surface area contributed by atoms with E-state index in [9.17, 15) is 9.59 Å². The van der Waals surface area contributed by atoms with Crippen LogP contribution in [0.3, 0.4) is 0 Å². The Bertz CT molecular complexity index is 698. The van der Waals surface area contributed by atoms with Crippen molar-refractivity contribution in [1.82, 2.24) is 20.1 Å². The number of carbonyl (C=O) groups excluding carboxylic acids is 2. The molecule has 2 aromatic rings. The average Bonchev–Trinajstić information content (AvgIpc) is 3.17. The first kappa shape index (κ1) is 15.2. The first-order valence-corrected chi connectivity index (χ1v) is 7.67. The lowest BCUT2D eigenvalue weighted by Crippen LogP contribution is -2.44. The Morgan fingerprint density at radius 2 is 2.13 bits per heavy atom. The SMILES string of the molecule is Cc1nc(NC(=O)C2CCCN2C(=O)Cc2ccccc2)n[nH]1. The second-order valence-electron chi connectivity index (χ2n) is 5.64. The lowest BCUT2D eigenvalue weighted by Gasteiger charge is -2.23. The van der Waals surface area contributed by atoms with E-state index in [1.165, 1.54) is 0 Å². The number of rotatable bonds is 4. The molecule has 0 radical (unpaired) electrons. The van der Waals surface area contributed by atoms with E-state index < -0.39 is 6.04 Å². The third-order valence-corrected chi connectivity index (χ3v) is 3.91. The molecular weight excluding hydrogens is 294 g/mol. The van der Waals surface area contributed by atoms with Crippen molar-refractivity contribution in [3.8, 4) is 0 Å². The summed E-state index contributed by atoms with van der Waals surface area (Å²) in [6.45, 7) is 2.37. The van der Waals surface area contributed by atoms with E-state index >= 15 is 0 Å². The van der Waals surface area contributed by atoms with E-state index in [0.29, 0.717) is 25.2 Å². The number of aromatic nitrogens is 3. The molecule has 2 heterocycles. The molecule has 2 amide bonds. The van der Waals surface area contributed by atoms with Crippen molar-refractivity contribution in [3.05, 3.63) is 41.7 Å². The van der Waals surface area contributed by atoms with Crippen LogP contribution in [-0.4, -0.2) is 44.5 Å². The Morgan fingerprint density at radius 3 is 2.83 bits per heavy atom. The fourth-order valence-corrected chi connectivity index (χ4v) is 2.80. The zero-order valence-electron chi connectivity index (χ0n) is 13.0. The minimum absolute atomic E-state index is 0.0278. The smallest absolute Gasteiger partial charge is 0.249 e. The molecule has 3 rings (SSSR count). The van der Waals surface area contributed by atoms with Crippen molar-refractivity contribution < 1.29 is 9.59 Å². The highest BCUT2D eigenvalue weighted by atomic mass is 16.2. The highest BCUT2D eigenvalue weighted by Gasteiger charge is 2.34. The molecule has 1 aromatic heterocycles. The number of carbonyl (C=O) groups is 2. The number of benzene rings is 1. The number of aromatic amines is 1. The minimum atomic E-state index is -0.454. The van der Waals surface area contributed by atoms with E-state index in [-0.39, 0.29) is 17.8 Å². The Morgan fingerprint density at radius 1 is 1.35 bits per heavy atom. The molecule has 1 unspecified atom stereocenters. The third kappa shape index (κ3) is 3.56. The molecule has 2 N–H and O–H groups in total. The maximum absolute atomic E-state index is 12.5. The van der Waals surface area contributed by atoms with Gasteiger partial charge in [-0.25, -0.2) is 0 Å². The van der Waals surface area contributed by atoms with Crippen LogP contribution in [0.15, 0.2) is 30.3 Å². The van der Waals surface area contributed by atoms with E-state index in [0.717, 1.165) is 12.0 Å². The van der Waals surface area contributed by atoms with Crippen molar-refractivity contribution in [3.63, 3.8) is 0 Å². The quantitative estimate of drug-likeness (QED) is 0.889. The van der Waals surface area contributed by atoms with Gasteiger partial charge in [0, 0.05) is 6.54 Å². The fourth-order valence-electron chi connectivity index (χ4n) is 2.80. The summed E-state index contributed by atoms with van der Waals surface area (Å²) in [5.74, 6) is 0.613. The zero-order valence-corrected chi connectivity index (χ0v) is 13.0. The average molecular weight is 313 g/mol. The number of nitrogens with one attached hydrogen (secondary N) is 2. The number of H-pyrrole nitrogens is 1. The van der Waals surface area contributed by atoms with Gasteiger partial charge in [0.1, 0.15) is 11.9 Å². The predicted molar refractivity (Wildman–Crippen MR) is 84.6 cm³/mol. The van der Waals surface area contributed by atoms with Gasteiger partial charge in [-0.05, 0) is 25.3 Å². The van der Waals surface area contributed by atoms with Gasteiger partial charge in [-0.15, -0.1) is 5.10 Å². The first-order valence-electron chi connectivity index (χ1n) is 7.67. The van der Waals surface area contributed by atoms with Crippen molar-refractivity contribution >= 4 is 17.8 Å². The largest absolute Gasteiger partial charge is 0.330 e. The van der Waals surface area contributed by atoms with Gasteiger partial charge in [0.2, 0.25) is 17.8 Å². The molecule has 1 atom stereocenters. The fraction of sp³-hybridized carbons (Fsp3) is 0.375. The predicted octanol–water partition coefficient (Wildman–Crippen LogP) is 1.29. The van der Waals surface area contributed by atoms with E-state index in [2.05, 4.69) is 20.5 Å². The van der Waals surface area contributed by atoms with Gasteiger partial charge in [0.25, 0.3) is 0 Å². The summed E-state index contributed by atoms with van der Waals surface area (Å²) in [6.07, 6.45) is 1.80. The summed E-state index contributed by atoms with van der Waals surface area (Å²) in [5.41, 5.74) is 0.952. The molecule has 1 aromatic carbocycles. The monoisotopic (exact) mass is 313 g/mol. The second-order valence-corrected chi connectivity index (χ2v) is 5.64. The molecule has 23 heavy (non-hydrogen) atoms. The Hall–Kier alpha value is -2.70. The van der Waals surface area contributed by atoms with Crippen LogP contribution in [0.2, 0.25) is 0 Å². The standard InChI is InChI=1S/C16H19N5O2/c1-11-17-16(20-19-11)18-15(23)13-8-5-9-21(13)14(22)10-12-6-3-2-4-7-12/h2-4,6-7,13H,5,8-10H2,1H3,(H2,17,18,19,20,23). The zero-order chi connectivity index (χ0) is 16.2. The van der Waals surface area contributed by atoms with Crippen molar-refractivity contribution in [1.29, 1.82) is 0 Å². The van der Waals surface area contributed by atoms with Crippen LogP contribution in [0.4, 0.5) is 5.95 Å². The topological polar surface area (TPSA) is 91.0 Å². The van der Waals surface area contributed by atoms with Crippen molar-refractivity contribution in [2.24, 2.45) is 0 Å². The number of nitrogens with zero attached hydrogens (tertiary/aromatic N) is 3. The summed E-state index contributed by atoms with van der Waals surface area (Å²) in [5, 5.41) is 9.24. The Kier molecular flexibility index (Phi) is 4.36. The second kappa shape index (κ2) is 6.60. The molecule has 7 nitrogen and oxygen atoms in total. The first-order chi connectivity index (χ1) is 11.1. The molecule has 1 saturated heterocycles. The summed E-state index contributed by atoms with van der Waals surface area (Å²) >= 11 is 0. The van der Waals surface area contributed by atoms with Crippen LogP contribution in [0.1, 0.15) is 24.2 Å². The number of hydrogen-bond donors (Lipinski definition) is 2. The minimum Gasteiger partial charge on any atom is -0.330 e. The number of likely N-dealkylation sites (tertiary alicyclic amines) is 1. The summed E-state index contributed by atoms with van der Waals surface area (Å²) in [7, 11) is 0. The van der Waals surface area contributed by atoms with Crippen LogP contribution in [-0.2, 0) is 16.0 Å². The Labute approximate surface area is 134 Å². The van der Waals surface area contributed by atoms with E-state index in [1.54, 1.807) is 11.8 Å². The summed E-state index contributed by atoms with van der Waals surface area (Å²) in [4.78, 5) is 30.6.